The third-order valence-electron chi connectivity index (χ3n) is 8.57. The topological polar surface area (TPSA) is 91.1 Å². The molecule has 0 spiro atoms. The smallest absolute Gasteiger partial charge is 0.444 e. The van der Waals surface area contributed by atoms with Crippen LogP contribution >= 0.6 is 0 Å². The maximum Gasteiger partial charge on any atom is 0.596 e. The summed E-state index contributed by atoms with van der Waals surface area (Å²) < 4.78 is 12.9. The Labute approximate surface area is 265 Å². The van der Waals surface area contributed by atoms with Gasteiger partial charge < -0.3 is 24.2 Å². The number of benzene rings is 1. The lowest BCUT2D eigenvalue weighted by Crippen LogP contribution is -2.50. The van der Waals surface area contributed by atoms with E-state index in [1.54, 1.807) is 4.58 Å². The number of ether oxygens (including phenoxy) is 2. The van der Waals surface area contributed by atoms with Crippen molar-refractivity contribution in [3.8, 4) is 11.3 Å². The minimum Gasteiger partial charge on any atom is -0.444 e. The number of amides is 2. The number of aromatic nitrogens is 2. The molecule has 1 aromatic carbocycles. The Morgan fingerprint density at radius 2 is 1.71 bits per heavy atom. The van der Waals surface area contributed by atoms with Crippen LogP contribution in [0.25, 0.3) is 22.2 Å². The molecule has 10 heteroatoms. The van der Waals surface area contributed by atoms with E-state index >= 15 is 0 Å². The number of hydrogen-bond acceptors (Lipinski definition) is 8. The number of rotatable bonds is 3. The van der Waals surface area contributed by atoms with E-state index in [4.69, 9.17) is 19.4 Å². The Kier molecular flexibility index (Phi) is 8.18. The first-order valence-corrected chi connectivity index (χ1v) is 16.0. The van der Waals surface area contributed by atoms with Gasteiger partial charge in [-0.1, -0.05) is 18.2 Å². The van der Waals surface area contributed by atoms with Gasteiger partial charge in [-0.2, -0.15) is 4.79 Å². The molecule has 5 heterocycles. The maximum atomic E-state index is 13.1. The fraction of sp³-hybridized carbons (Fsp3) is 0.514. The highest BCUT2D eigenvalue weighted by Crippen LogP contribution is 2.38. The molecule has 0 aliphatic carbocycles. The van der Waals surface area contributed by atoms with Gasteiger partial charge in [0.15, 0.2) is 12.8 Å². The molecular formula is C35H45N6O4+. The number of carbonyl (C=O) groups excluding carboxylic acids is 2. The predicted molar refractivity (Wildman–Crippen MR) is 176 cm³/mol. The van der Waals surface area contributed by atoms with E-state index in [0.29, 0.717) is 25.6 Å². The third kappa shape index (κ3) is 6.89. The number of carbonyl (C=O) groups is 2. The molecule has 3 aliphatic rings. The largest absolute Gasteiger partial charge is 0.596 e. The lowest BCUT2D eigenvalue weighted by molar-refractivity contribution is -0.447. The first-order chi connectivity index (χ1) is 21.3. The maximum absolute atomic E-state index is 13.1. The summed E-state index contributed by atoms with van der Waals surface area (Å²) in [6.45, 7) is 15.5. The van der Waals surface area contributed by atoms with Gasteiger partial charge in [-0.05, 0) is 84.6 Å². The molecule has 238 valence electrons. The molecule has 0 radical (unpaired) electrons. The Morgan fingerprint density at radius 1 is 0.933 bits per heavy atom. The van der Waals surface area contributed by atoms with Crippen LogP contribution in [0, 0.1) is 5.92 Å². The van der Waals surface area contributed by atoms with Crippen LogP contribution in [0.3, 0.4) is 0 Å². The van der Waals surface area contributed by atoms with E-state index in [1.165, 1.54) is 0 Å². The van der Waals surface area contributed by atoms with Gasteiger partial charge in [0, 0.05) is 42.5 Å². The number of likely N-dealkylation sites (tertiary alicyclic amines) is 1. The predicted octanol–water partition coefficient (Wildman–Crippen LogP) is 5.97. The zero-order chi connectivity index (χ0) is 31.9. The molecule has 2 amide bonds. The lowest BCUT2D eigenvalue weighted by Gasteiger charge is -2.37. The van der Waals surface area contributed by atoms with Crippen LogP contribution in [-0.4, -0.2) is 94.4 Å². The van der Waals surface area contributed by atoms with Crippen molar-refractivity contribution in [3.05, 3.63) is 48.7 Å². The minimum absolute atomic E-state index is 0.123. The number of fused-ring (bicyclic) bond motifs is 2. The highest BCUT2D eigenvalue weighted by molar-refractivity contribution is 5.94. The van der Waals surface area contributed by atoms with Gasteiger partial charge in [0.1, 0.15) is 17.0 Å². The van der Waals surface area contributed by atoms with Crippen LogP contribution < -0.4 is 9.80 Å². The summed E-state index contributed by atoms with van der Waals surface area (Å²) in [6, 6.07) is 14.6. The second-order valence-electron chi connectivity index (χ2n) is 14.3. The molecule has 45 heavy (non-hydrogen) atoms. The van der Waals surface area contributed by atoms with Crippen molar-refractivity contribution in [1.82, 2.24) is 14.9 Å². The molecule has 2 unspecified atom stereocenters. The van der Waals surface area contributed by atoms with Gasteiger partial charge in [-0.25, -0.2) is 14.8 Å². The summed E-state index contributed by atoms with van der Waals surface area (Å²) >= 11 is 0. The summed E-state index contributed by atoms with van der Waals surface area (Å²) in [7, 11) is 0. The van der Waals surface area contributed by atoms with Crippen LogP contribution in [0.15, 0.2) is 48.7 Å². The Bertz CT molecular complexity index is 1610. The zero-order valence-electron chi connectivity index (χ0n) is 27.3. The second-order valence-corrected chi connectivity index (χ2v) is 14.3. The fourth-order valence-corrected chi connectivity index (χ4v) is 6.52. The normalized spacial score (nSPS) is 20.6. The number of anilines is 2. The highest BCUT2D eigenvalue weighted by Gasteiger charge is 2.43. The summed E-state index contributed by atoms with van der Waals surface area (Å²) in [4.78, 5) is 41.9. The third-order valence-corrected chi connectivity index (χ3v) is 8.57. The number of piperidine rings is 1. The van der Waals surface area contributed by atoms with E-state index in [0.717, 1.165) is 66.1 Å². The van der Waals surface area contributed by atoms with E-state index in [9.17, 15) is 9.59 Å². The SMILES string of the molecule is CC(C)(C)OC(=O)N1CCCC2CN(c3cc(-c4ccc(N5CC=[N+](C(=O)OC(C)(C)C)CC5)nc4)nc4ccccc34)CC21. The molecule has 2 aromatic heterocycles. The molecular weight excluding hydrogens is 568 g/mol. The highest BCUT2D eigenvalue weighted by atomic mass is 16.6. The molecule has 3 aromatic rings. The number of nitrogens with zero attached hydrogens (tertiary/aromatic N) is 6. The average molecular weight is 614 g/mol. The number of para-hydroxylation sites is 1. The molecule has 0 saturated carbocycles. The van der Waals surface area contributed by atoms with Gasteiger partial charge in [-0.3, -0.25) is 0 Å². The minimum atomic E-state index is -0.524. The van der Waals surface area contributed by atoms with Gasteiger partial charge in [0.2, 0.25) is 0 Å². The van der Waals surface area contributed by atoms with Gasteiger partial charge in [-0.15, -0.1) is 4.58 Å². The molecule has 2 fully saturated rings. The monoisotopic (exact) mass is 613 g/mol. The first kappa shape index (κ1) is 30.8. The molecule has 0 N–H and O–H groups in total. The van der Waals surface area contributed by atoms with Crippen LogP contribution in [0.1, 0.15) is 54.4 Å². The van der Waals surface area contributed by atoms with Crippen LogP contribution in [0.5, 0.6) is 0 Å². The van der Waals surface area contributed by atoms with Gasteiger partial charge in [0.25, 0.3) is 0 Å². The van der Waals surface area contributed by atoms with Crippen molar-refractivity contribution in [2.45, 2.75) is 71.6 Å². The molecule has 2 saturated heterocycles. The summed E-state index contributed by atoms with van der Waals surface area (Å²) in [5.41, 5.74) is 2.82. The van der Waals surface area contributed by atoms with Crippen molar-refractivity contribution in [2.24, 2.45) is 5.92 Å². The van der Waals surface area contributed by atoms with Crippen molar-refractivity contribution in [1.29, 1.82) is 0 Å². The molecule has 2 atom stereocenters. The van der Waals surface area contributed by atoms with E-state index in [-0.39, 0.29) is 18.2 Å². The van der Waals surface area contributed by atoms with E-state index in [1.807, 2.05) is 71.0 Å². The van der Waals surface area contributed by atoms with Crippen LogP contribution in [-0.2, 0) is 9.47 Å². The summed E-state index contributed by atoms with van der Waals surface area (Å²) in [6.07, 6.45) is 5.30. The lowest BCUT2D eigenvalue weighted by atomic mass is 9.92. The quantitative estimate of drug-likeness (QED) is 0.334. The van der Waals surface area contributed by atoms with Crippen molar-refractivity contribution in [2.75, 3.05) is 49.1 Å². The van der Waals surface area contributed by atoms with Gasteiger partial charge >= 0.3 is 12.2 Å². The zero-order valence-corrected chi connectivity index (χ0v) is 27.3. The summed E-state index contributed by atoms with van der Waals surface area (Å²) in [5, 5.41) is 1.10. The fourth-order valence-electron chi connectivity index (χ4n) is 6.52. The summed E-state index contributed by atoms with van der Waals surface area (Å²) in [5.74, 6) is 1.25. The first-order valence-electron chi connectivity index (χ1n) is 16.0. The number of pyridine rings is 2. The van der Waals surface area contributed by atoms with Gasteiger partial charge in [0.05, 0.1) is 30.3 Å². The molecule has 3 aliphatic heterocycles. The van der Waals surface area contributed by atoms with E-state index in [2.05, 4.69) is 40.1 Å². The average Bonchev–Trinajstić information content (AvgIpc) is 3.43. The molecule has 10 nitrogen and oxygen atoms in total. The number of hydrogen-bond donors (Lipinski definition) is 0. The van der Waals surface area contributed by atoms with Crippen molar-refractivity contribution >= 4 is 40.8 Å². The Balaban J connectivity index is 1.22. The van der Waals surface area contributed by atoms with Crippen LogP contribution in [0.2, 0.25) is 0 Å². The second kappa shape index (κ2) is 11.9. The Hall–Kier alpha value is -4.21. The van der Waals surface area contributed by atoms with Crippen molar-refractivity contribution < 1.29 is 23.6 Å². The van der Waals surface area contributed by atoms with E-state index < -0.39 is 11.2 Å². The molecule has 6 rings (SSSR count). The van der Waals surface area contributed by atoms with Crippen LogP contribution in [0.4, 0.5) is 21.1 Å². The van der Waals surface area contributed by atoms with Crippen molar-refractivity contribution in [3.63, 3.8) is 0 Å². The molecule has 0 bridgehead atoms. The Morgan fingerprint density at radius 3 is 2.40 bits per heavy atom. The standard InChI is InChI=1S/C35H45N6O4/c1-34(2,3)44-32(42)39-18-16-38(17-19-39)31-14-13-24(21-36-31)28-20-29(26-11-7-8-12-27(26)37-28)40-22-25-10-9-15-41(30(25)23-40)33(43)45-35(4,5)6/h7-8,11-14,18,20-21,25,30H,9-10,15-17,19,22-23H2,1-6H3/q+1.